The van der Waals surface area contributed by atoms with Crippen molar-refractivity contribution in [1.82, 2.24) is 0 Å². The molecule has 1 aliphatic heterocycles. The van der Waals surface area contributed by atoms with Gasteiger partial charge in [0.2, 0.25) is 0 Å². The van der Waals surface area contributed by atoms with Crippen molar-refractivity contribution >= 4 is 14.3 Å². The van der Waals surface area contributed by atoms with E-state index in [-0.39, 0.29) is 29.6 Å². The van der Waals surface area contributed by atoms with Crippen LogP contribution >= 0.6 is 0 Å². The first kappa shape index (κ1) is 16.7. The number of ether oxygens (including phenoxy) is 1. The Bertz CT molecular complexity index is 342. The first-order valence-electron chi connectivity index (χ1n) is 7.02. The molecule has 3 atom stereocenters. The molecule has 1 heterocycles. The number of cyclic esters (lactones) is 1. The quantitative estimate of drug-likeness (QED) is 0.638. The van der Waals surface area contributed by atoms with Gasteiger partial charge in [-0.3, -0.25) is 4.79 Å². The molecule has 0 aromatic heterocycles. The van der Waals surface area contributed by atoms with E-state index >= 15 is 0 Å². The van der Waals surface area contributed by atoms with Crippen LogP contribution in [0, 0.1) is 5.92 Å². The Morgan fingerprint density at radius 1 is 1.42 bits per heavy atom. The van der Waals surface area contributed by atoms with Crippen molar-refractivity contribution in [2.45, 2.75) is 70.9 Å². The number of esters is 1. The molecule has 112 valence electrons. The third-order valence-electron chi connectivity index (χ3n) is 4.74. The SMILES string of the molecule is CC[C@]1(CO)OC(=O)[C@@H](C)[C@@H]1O[Si](C)(C)C(C)(C)C. The second-order valence-corrected chi connectivity index (χ2v) is 11.8. The van der Waals surface area contributed by atoms with Crippen molar-refractivity contribution < 1.29 is 19.1 Å². The monoisotopic (exact) mass is 288 g/mol. The maximum absolute atomic E-state index is 11.9. The minimum atomic E-state index is -2.01. The van der Waals surface area contributed by atoms with E-state index < -0.39 is 13.9 Å². The van der Waals surface area contributed by atoms with Gasteiger partial charge in [0.25, 0.3) is 0 Å². The second-order valence-electron chi connectivity index (χ2n) is 7.08. The zero-order valence-electron chi connectivity index (χ0n) is 13.2. The van der Waals surface area contributed by atoms with Gasteiger partial charge in [0, 0.05) is 0 Å². The van der Waals surface area contributed by atoms with Gasteiger partial charge in [-0.25, -0.2) is 0 Å². The van der Waals surface area contributed by atoms with Crippen LogP contribution in [-0.2, 0) is 14.0 Å². The van der Waals surface area contributed by atoms with Gasteiger partial charge < -0.3 is 14.3 Å². The summed E-state index contributed by atoms with van der Waals surface area (Å²) in [5, 5.41) is 9.74. The van der Waals surface area contributed by atoms with E-state index in [0.717, 1.165) is 0 Å². The molecule has 0 unspecified atom stereocenters. The van der Waals surface area contributed by atoms with E-state index in [1.165, 1.54) is 0 Å². The van der Waals surface area contributed by atoms with Gasteiger partial charge in [0.1, 0.15) is 6.10 Å². The van der Waals surface area contributed by atoms with Gasteiger partial charge in [-0.1, -0.05) is 27.7 Å². The van der Waals surface area contributed by atoms with Crippen molar-refractivity contribution in [3.8, 4) is 0 Å². The van der Waals surface area contributed by atoms with Gasteiger partial charge in [-0.2, -0.15) is 0 Å². The molecule has 0 bridgehead atoms. The summed E-state index contributed by atoms with van der Waals surface area (Å²) in [6.45, 7) is 14.4. The Hall–Kier alpha value is -0.393. The van der Waals surface area contributed by atoms with E-state index in [4.69, 9.17) is 9.16 Å². The maximum atomic E-state index is 11.9. The topological polar surface area (TPSA) is 55.8 Å². The van der Waals surface area contributed by atoms with Crippen molar-refractivity contribution in [2.75, 3.05) is 6.61 Å². The van der Waals surface area contributed by atoms with E-state index in [0.29, 0.717) is 6.42 Å². The Kier molecular flexibility index (Phi) is 4.55. The average Bonchev–Trinajstić information content (AvgIpc) is 2.52. The molecule has 4 nitrogen and oxygen atoms in total. The predicted octanol–water partition coefficient (Wildman–Crippen LogP) is 2.71. The van der Waals surface area contributed by atoms with Crippen LogP contribution in [0.2, 0.25) is 18.1 Å². The van der Waals surface area contributed by atoms with Crippen LogP contribution < -0.4 is 0 Å². The zero-order valence-corrected chi connectivity index (χ0v) is 14.2. The van der Waals surface area contributed by atoms with Crippen molar-refractivity contribution in [2.24, 2.45) is 5.92 Å². The molecule has 1 fully saturated rings. The molecule has 1 saturated heterocycles. The minimum absolute atomic E-state index is 0.0628. The van der Waals surface area contributed by atoms with Gasteiger partial charge in [0.15, 0.2) is 13.9 Å². The second kappa shape index (κ2) is 5.18. The Morgan fingerprint density at radius 3 is 2.32 bits per heavy atom. The minimum Gasteiger partial charge on any atom is -0.454 e. The zero-order chi connectivity index (χ0) is 15.1. The number of aliphatic hydroxyl groups excluding tert-OH is 1. The molecule has 1 N–H and O–H groups in total. The van der Waals surface area contributed by atoms with E-state index in [1.807, 2.05) is 13.8 Å². The smallest absolute Gasteiger partial charge is 0.312 e. The normalized spacial score (nSPS) is 32.5. The third-order valence-corrected chi connectivity index (χ3v) is 9.20. The summed E-state index contributed by atoms with van der Waals surface area (Å²) in [5.74, 6) is -0.583. The molecule has 0 aliphatic carbocycles. The van der Waals surface area contributed by atoms with Gasteiger partial charge in [-0.05, 0) is 31.5 Å². The molecule has 1 aliphatic rings. The lowest BCUT2D eigenvalue weighted by Gasteiger charge is -2.42. The Morgan fingerprint density at radius 2 is 1.95 bits per heavy atom. The number of aliphatic hydroxyl groups is 1. The molecule has 0 aromatic rings. The van der Waals surface area contributed by atoms with Crippen LogP contribution in [0.4, 0.5) is 0 Å². The van der Waals surface area contributed by atoms with Crippen molar-refractivity contribution in [1.29, 1.82) is 0 Å². The van der Waals surface area contributed by atoms with Crippen LogP contribution in [0.15, 0.2) is 0 Å². The van der Waals surface area contributed by atoms with Crippen molar-refractivity contribution in [3.05, 3.63) is 0 Å². The fourth-order valence-electron chi connectivity index (χ4n) is 2.14. The Balaban J connectivity index is 3.05. The lowest BCUT2D eigenvalue weighted by molar-refractivity contribution is -0.156. The summed E-state index contributed by atoms with van der Waals surface area (Å²) >= 11 is 0. The van der Waals surface area contributed by atoms with E-state index in [1.54, 1.807) is 0 Å². The molecule has 0 amide bonds. The standard InChI is InChI=1S/C14H28O4Si/c1-8-14(9-15)11(10(2)12(16)17-14)18-19(6,7)13(3,4)5/h10-11,15H,8-9H2,1-7H3/t10-,11-,14+/m0/s1. The Labute approximate surface area is 117 Å². The van der Waals surface area contributed by atoms with Gasteiger partial charge in [-0.15, -0.1) is 0 Å². The number of rotatable bonds is 4. The molecule has 0 radical (unpaired) electrons. The summed E-state index contributed by atoms with van der Waals surface area (Å²) in [6, 6.07) is 0. The number of hydrogen-bond acceptors (Lipinski definition) is 4. The molecule has 0 aromatic carbocycles. The molecule has 0 saturated carbocycles. The molecule has 19 heavy (non-hydrogen) atoms. The molecule has 5 heteroatoms. The number of carbonyl (C=O) groups is 1. The van der Waals surface area contributed by atoms with Crippen LogP contribution in [0.5, 0.6) is 0 Å². The van der Waals surface area contributed by atoms with E-state index in [9.17, 15) is 9.90 Å². The highest BCUT2D eigenvalue weighted by atomic mass is 28.4. The fourth-order valence-corrected chi connectivity index (χ4v) is 3.55. The average molecular weight is 288 g/mol. The lowest BCUT2D eigenvalue weighted by Crippen LogP contribution is -2.53. The first-order chi connectivity index (χ1) is 8.50. The summed E-state index contributed by atoms with van der Waals surface area (Å²) < 4.78 is 11.8. The summed E-state index contributed by atoms with van der Waals surface area (Å²) in [4.78, 5) is 11.9. The number of hydrogen-bond donors (Lipinski definition) is 1. The first-order valence-corrected chi connectivity index (χ1v) is 9.93. The molecular weight excluding hydrogens is 260 g/mol. The molecular formula is C14H28O4Si. The summed E-state index contributed by atoms with van der Waals surface area (Å²) in [6.07, 6.45) is 0.217. The fraction of sp³-hybridized carbons (Fsp3) is 0.929. The molecule has 1 rings (SSSR count). The highest BCUT2D eigenvalue weighted by Gasteiger charge is 2.56. The number of carbonyl (C=O) groups excluding carboxylic acids is 1. The maximum Gasteiger partial charge on any atom is 0.312 e. The summed E-state index contributed by atoms with van der Waals surface area (Å²) in [5.41, 5.74) is -0.869. The van der Waals surface area contributed by atoms with Crippen LogP contribution in [-0.4, -0.2) is 37.7 Å². The summed E-state index contributed by atoms with van der Waals surface area (Å²) in [7, 11) is -2.01. The van der Waals surface area contributed by atoms with Crippen LogP contribution in [0.25, 0.3) is 0 Å². The van der Waals surface area contributed by atoms with Gasteiger partial charge >= 0.3 is 5.97 Å². The lowest BCUT2D eigenvalue weighted by atomic mass is 9.90. The van der Waals surface area contributed by atoms with E-state index in [2.05, 4.69) is 33.9 Å². The highest BCUT2D eigenvalue weighted by molar-refractivity contribution is 6.74. The largest absolute Gasteiger partial charge is 0.454 e. The van der Waals surface area contributed by atoms with Gasteiger partial charge in [0.05, 0.1) is 12.5 Å². The predicted molar refractivity (Wildman–Crippen MR) is 77.4 cm³/mol. The van der Waals surface area contributed by atoms with Crippen molar-refractivity contribution in [3.63, 3.8) is 0 Å². The van der Waals surface area contributed by atoms with Crippen LogP contribution in [0.1, 0.15) is 41.0 Å². The highest BCUT2D eigenvalue weighted by Crippen LogP contribution is 2.43. The molecule has 0 spiro atoms. The third kappa shape index (κ3) is 2.88. The van der Waals surface area contributed by atoms with Crippen LogP contribution in [0.3, 0.4) is 0 Å².